The molecule has 2 unspecified atom stereocenters. The Morgan fingerprint density at radius 1 is 1.25 bits per heavy atom. The standard InChI is InChI=1S/C14H17N3O2S/c15-12(18)10-7-4-8-17(10)14(19)11(13(16)20)9-5-2-1-3-6-9/h1-3,5-6,10-11H,4,7-8H2,(H2,15,18)(H2,16,20). The van der Waals surface area contributed by atoms with Gasteiger partial charge in [-0.2, -0.15) is 0 Å². The van der Waals surface area contributed by atoms with Gasteiger partial charge in [0.1, 0.15) is 12.0 Å². The summed E-state index contributed by atoms with van der Waals surface area (Å²) in [5.41, 5.74) is 11.8. The minimum Gasteiger partial charge on any atom is -0.392 e. The van der Waals surface area contributed by atoms with Crippen LogP contribution in [0.25, 0.3) is 0 Å². The lowest BCUT2D eigenvalue weighted by atomic mass is 9.97. The van der Waals surface area contributed by atoms with Crippen molar-refractivity contribution in [2.45, 2.75) is 24.8 Å². The molecule has 1 fully saturated rings. The van der Waals surface area contributed by atoms with Crippen molar-refractivity contribution < 1.29 is 9.59 Å². The predicted molar refractivity (Wildman–Crippen MR) is 79.9 cm³/mol. The number of hydrogen-bond acceptors (Lipinski definition) is 3. The van der Waals surface area contributed by atoms with Crippen LogP contribution in [0.2, 0.25) is 0 Å². The van der Waals surface area contributed by atoms with E-state index in [0.717, 1.165) is 12.0 Å². The molecule has 106 valence electrons. The van der Waals surface area contributed by atoms with Gasteiger partial charge in [0.15, 0.2) is 0 Å². The third-order valence-corrected chi connectivity index (χ3v) is 3.76. The van der Waals surface area contributed by atoms with E-state index < -0.39 is 17.9 Å². The van der Waals surface area contributed by atoms with E-state index in [1.807, 2.05) is 18.2 Å². The van der Waals surface area contributed by atoms with Crippen molar-refractivity contribution in [2.75, 3.05) is 6.54 Å². The number of carbonyl (C=O) groups excluding carboxylic acids is 2. The van der Waals surface area contributed by atoms with Crippen molar-refractivity contribution in [3.63, 3.8) is 0 Å². The molecule has 1 aromatic carbocycles. The molecule has 1 aliphatic heterocycles. The van der Waals surface area contributed by atoms with E-state index in [2.05, 4.69) is 0 Å². The molecule has 4 N–H and O–H groups in total. The highest BCUT2D eigenvalue weighted by Gasteiger charge is 2.37. The molecule has 0 saturated carbocycles. The average molecular weight is 291 g/mol. The Balaban J connectivity index is 2.29. The second kappa shape index (κ2) is 6.00. The van der Waals surface area contributed by atoms with Gasteiger partial charge in [-0.05, 0) is 18.4 Å². The van der Waals surface area contributed by atoms with E-state index in [4.69, 9.17) is 23.7 Å². The number of carbonyl (C=O) groups is 2. The smallest absolute Gasteiger partial charge is 0.240 e. The van der Waals surface area contributed by atoms with Gasteiger partial charge in [0.2, 0.25) is 11.8 Å². The van der Waals surface area contributed by atoms with Gasteiger partial charge in [-0.15, -0.1) is 0 Å². The number of benzene rings is 1. The first-order chi connectivity index (χ1) is 9.52. The van der Waals surface area contributed by atoms with Crippen LogP contribution >= 0.6 is 12.2 Å². The second-order valence-electron chi connectivity index (χ2n) is 4.84. The second-order valence-corrected chi connectivity index (χ2v) is 5.31. The van der Waals surface area contributed by atoms with Gasteiger partial charge in [0.05, 0.1) is 4.99 Å². The van der Waals surface area contributed by atoms with E-state index in [1.165, 1.54) is 4.90 Å². The summed E-state index contributed by atoms with van der Waals surface area (Å²) < 4.78 is 0. The van der Waals surface area contributed by atoms with Crippen LogP contribution in [0.4, 0.5) is 0 Å². The summed E-state index contributed by atoms with van der Waals surface area (Å²) >= 11 is 5.03. The van der Waals surface area contributed by atoms with Crippen LogP contribution in [0.5, 0.6) is 0 Å². The van der Waals surface area contributed by atoms with Gasteiger partial charge in [0, 0.05) is 6.54 Å². The van der Waals surface area contributed by atoms with Gasteiger partial charge < -0.3 is 16.4 Å². The van der Waals surface area contributed by atoms with E-state index in [9.17, 15) is 9.59 Å². The maximum Gasteiger partial charge on any atom is 0.240 e. The molecular weight excluding hydrogens is 274 g/mol. The highest BCUT2D eigenvalue weighted by Crippen LogP contribution is 2.25. The maximum absolute atomic E-state index is 12.7. The molecule has 20 heavy (non-hydrogen) atoms. The minimum absolute atomic E-state index is 0.108. The van der Waals surface area contributed by atoms with Crippen LogP contribution in [0.3, 0.4) is 0 Å². The predicted octanol–water partition coefficient (Wildman–Crippen LogP) is 0.533. The lowest BCUT2D eigenvalue weighted by molar-refractivity contribution is -0.137. The number of primary amides is 1. The van der Waals surface area contributed by atoms with Crippen LogP contribution < -0.4 is 11.5 Å². The summed E-state index contributed by atoms with van der Waals surface area (Å²) in [6.45, 7) is 0.512. The van der Waals surface area contributed by atoms with Crippen LogP contribution in [-0.2, 0) is 9.59 Å². The minimum atomic E-state index is -0.703. The Bertz CT molecular complexity index is 532. The Morgan fingerprint density at radius 3 is 2.45 bits per heavy atom. The van der Waals surface area contributed by atoms with Crippen molar-refractivity contribution in [2.24, 2.45) is 11.5 Å². The molecule has 1 saturated heterocycles. The first kappa shape index (κ1) is 14.5. The number of nitrogens with zero attached hydrogens (tertiary/aromatic N) is 1. The highest BCUT2D eigenvalue weighted by molar-refractivity contribution is 7.80. The quantitative estimate of drug-likeness (QED) is 0.792. The normalized spacial score (nSPS) is 19.6. The van der Waals surface area contributed by atoms with Gasteiger partial charge in [0.25, 0.3) is 0 Å². The summed E-state index contributed by atoms with van der Waals surface area (Å²) in [5, 5.41) is 0. The Labute approximate surface area is 122 Å². The molecule has 0 aromatic heterocycles. The van der Waals surface area contributed by atoms with Gasteiger partial charge in [-0.25, -0.2) is 0 Å². The van der Waals surface area contributed by atoms with E-state index >= 15 is 0 Å². The summed E-state index contributed by atoms with van der Waals surface area (Å²) in [5.74, 6) is -1.43. The number of nitrogens with two attached hydrogens (primary N) is 2. The Hall–Kier alpha value is -1.95. The number of thiocarbonyl (C=S) groups is 1. The molecule has 0 aliphatic carbocycles. The molecule has 1 aliphatic rings. The zero-order valence-electron chi connectivity index (χ0n) is 11.0. The Kier molecular flexibility index (Phi) is 4.34. The largest absolute Gasteiger partial charge is 0.392 e. The molecule has 1 aromatic rings. The van der Waals surface area contributed by atoms with Crippen molar-refractivity contribution in [1.82, 2.24) is 4.90 Å². The summed E-state index contributed by atoms with van der Waals surface area (Å²) in [6, 6.07) is 8.55. The average Bonchev–Trinajstić information content (AvgIpc) is 2.89. The molecule has 2 rings (SSSR count). The van der Waals surface area contributed by atoms with E-state index in [1.54, 1.807) is 12.1 Å². The Morgan fingerprint density at radius 2 is 1.90 bits per heavy atom. The van der Waals surface area contributed by atoms with Gasteiger partial charge in [-0.1, -0.05) is 42.5 Å². The fourth-order valence-corrected chi connectivity index (χ4v) is 2.80. The molecule has 0 spiro atoms. The molecule has 2 atom stereocenters. The number of likely N-dealkylation sites (tertiary alicyclic amines) is 1. The van der Waals surface area contributed by atoms with Crippen molar-refractivity contribution in [3.8, 4) is 0 Å². The molecular formula is C14H17N3O2S. The first-order valence-electron chi connectivity index (χ1n) is 6.46. The van der Waals surface area contributed by atoms with Crippen LogP contribution in [0, 0.1) is 0 Å². The monoisotopic (exact) mass is 291 g/mol. The van der Waals surface area contributed by atoms with Crippen molar-refractivity contribution >= 4 is 29.0 Å². The van der Waals surface area contributed by atoms with Gasteiger partial charge >= 0.3 is 0 Å². The SMILES string of the molecule is NC(=O)C1CCCN1C(=O)C(C(N)=S)c1ccccc1. The van der Waals surface area contributed by atoms with Crippen LogP contribution in [0.15, 0.2) is 30.3 Å². The van der Waals surface area contributed by atoms with Gasteiger partial charge in [-0.3, -0.25) is 9.59 Å². The summed E-state index contributed by atoms with van der Waals surface area (Å²) in [6.07, 6.45) is 1.36. The highest BCUT2D eigenvalue weighted by atomic mass is 32.1. The molecule has 0 radical (unpaired) electrons. The molecule has 1 heterocycles. The van der Waals surface area contributed by atoms with Crippen molar-refractivity contribution in [3.05, 3.63) is 35.9 Å². The fourth-order valence-electron chi connectivity index (χ4n) is 2.57. The topological polar surface area (TPSA) is 89.4 Å². The lowest BCUT2D eigenvalue weighted by Crippen LogP contribution is -2.47. The first-order valence-corrected chi connectivity index (χ1v) is 6.87. The maximum atomic E-state index is 12.7. The summed E-state index contributed by atoms with van der Waals surface area (Å²) in [7, 11) is 0. The molecule has 6 heteroatoms. The summed E-state index contributed by atoms with van der Waals surface area (Å²) in [4.78, 5) is 25.7. The van der Waals surface area contributed by atoms with Crippen LogP contribution in [-0.4, -0.2) is 34.3 Å². The number of rotatable bonds is 4. The zero-order valence-corrected chi connectivity index (χ0v) is 11.8. The fraction of sp³-hybridized carbons (Fsp3) is 0.357. The molecule has 0 bridgehead atoms. The number of hydrogen-bond donors (Lipinski definition) is 2. The van der Waals surface area contributed by atoms with E-state index in [-0.39, 0.29) is 10.9 Å². The number of amides is 2. The zero-order chi connectivity index (χ0) is 14.7. The van der Waals surface area contributed by atoms with Crippen molar-refractivity contribution in [1.29, 1.82) is 0 Å². The van der Waals surface area contributed by atoms with E-state index in [0.29, 0.717) is 13.0 Å². The molecule has 2 amide bonds. The lowest BCUT2D eigenvalue weighted by Gasteiger charge is -2.27. The third-order valence-electron chi connectivity index (χ3n) is 3.53. The molecule has 5 nitrogen and oxygen atoms in total. The van der Waals surface area contributed by atoms with Crippen LogP contribution in [0.1, 0.15) is 24.3 Å². The third kappa shape index (κ3) is 2.80.